The molecule has 0 unspecified atom stereocenters. The van der Waals surface area contributed by atoms with Gasteiger partial charge in [-0.05, 0) is 24.1 Å². The minimum absolute atomic E-state index is 0.0611. The molecule has 2 aromatic rings. The Morgan fingerprint density at radius 1 is 1.35 bits per heavy atom. The van der Waals surface area contributed by atoms with Crippen LogP contribution in [0.25, 0.3) is 11.4 Å². The van der Waals surface area contributed by atoms with Crippen LogP contribution >= 0.6 is 0 Å². The highest BCUT2D eigenvalue weighted by Gasteiger charge is 2.09. The van der Waals surface area contributed by atoms with E-state index in [1.165, 1.54) is 0 Å². The van der Waals surface area contributed by atoms with Crippen LogP contribution in [0.2, 0.25) is 0 Å². The van der Waals surface area contributed by atoms with Crippen molar-refractivity contribution in [2.75, 3.05) is 0 Å². The molecule has 1 aromatic carbocycles. The molecule has 5 nitrogen and oxygen atoms in total. The molecule has 1 aromatic heterocycles. The van der Waals surface area contributed by atoms with E-state index < -0.39 is 0 Å². The van der Waals surface area contributed by atoms with Crippen LogP contribution in [0, 0.1) is 5.92 Å². The molecule has 5 heteroatoms. The third kappa shape index (κ3) is 2.75. The van der Waals surface area contributed by atoms with E-state index in [-0.39, 0.29) is 11.7 Å². The smallest absolute Gasteiger partial charge is 0.204 e. The zero-order chi connectivity index (χ0) is 12.3. The summed E-state index contributed by atoms with van der Waals surface area (Å²) in [5, 5.41) is 13.7. The zero-order valence-corrected chi connectivity index (χ0v) is 9.84. The largest absolute Gasteiger partial charge is 0.300 e. The van der Waals surface area contributed by atoms with Crippen LogP contribution in [0.4, 0.5) is 0 Å². The van der Waals surface area contributed by atoms with Crippen molar-refractivity contribution in [3.8, 4) is 11.4 Å². The molecule has 0 aliphatic rings. The molecule has 1 N–H and O–H groups in total. The van der Waals surface area contributed by atoms with E-state index in [4.69, 9.17) is 0 Å². The fourth-order valence-electron chi connectivity index (χ4n) is 1.57. The predicted molar refractivity (Wildman–Crippen MR) is 63.2 cm³/mol. The van der Waals surface area contributed by atoms with Gasteiger partial charge in [-0.25, -0.2) is 0 Å². The quantitative estimate of drug-likeness (QED) is 0.866. The van der Waals surface area contributed by atoms with Crippen LogP contribution in [-0.2, 0) is 11.2 Å². The number of tetrazole rings is 1. The number of aromatic amines is 1. The molecule has 0 bridgehead atoms. The van der Waals surface area contributed by atoms with Gasteiger partial charge in [-0.2, -0.15) is 5.21 Å². The van der Waals surface area contributed by atoms with Crippen LogP contribution in [-0.4, -0.2) is 26.4 Å². The Balaban J connectivity index is 2.11. The Labute approximate surface area is 99.2 Å². The van der Waals surface area contributed by atoms with Gasteiger partial charge in [0.05, 0.1) is 0 Å². The van der Waals surface area contributed by atoms with Gasteiger partial charge in [0, 0.05) is 11.5 Å². The summed E-state index contributed by atoms with van der Waals surface area (Å²) in [6, 6.07) is 7.86. The number of benzene rings is 1. The van der Waals surface area contributed by atoms with Gasteiger partial charge in [0.15, 0.2) is 0 Å². The number of hydrogen-bond donors (Lipinski definition) is 1. The molecule has 0 radical (unpaired) electrons. The Hall–Kier alpha value is -2.04. The first-order valence-corrected chi connectivity index (χ1v) is 5.50. The third-order valence-electron chi connectivity index (χ3n) is 2.79. The number of carbonyl (C=O) groups excluding carboxylic acids is 1. The molecule has 2 rings (SSSR count). The second kappa shape index (κ2) is 4.86. The number of rotatable bonds is 4. The van der Waals surface area contributed by atoms with Gasteiger partial charge in [-0.15, -0.1) is 10.2 Å². The van der Waals surface area contributed by atoms with Crippen molar-refractivity contribution in [1.82, 2.24) is 20.6 Å². The molecule has 17 heavy (non-hydrogen) atoms. The number of hydrogen-bond acceptors (Lipinski definition) is 4. The van der Waals surface area contributed by atoms with Crippen molar-refractivity contribution in [3.63, 3.8) is 0 Å². The first kappa shape index (κ1) is 11.4. The molecule has 0 aliphatic heterocycles. The Morgan fingerprint density at radius 2 is 2.06 bits per heavy atom. The first-order chi connectivity index (χ1) is 8.16. The summed E-state index contributed by atoms with van der Waals surface area (Å²) < 4.78 is 0. The molecule has 0 aliphatic carbocycles. The average molecular weight is 230 g/mol. The number of aromatic nitrogens is 4. The van der Waals surface area contributed by atoms with Crippen molar-refractivity contribution in [2.24, 2.45) is 5.92 Å². The summed E-state index contributed by atoms with van der Waals surface area (Å²) in [5.74, 6) is 0.856. The Bertz CT molecular complexity index is 490. The molecule has 0 saturated heterocycles. The summed E-state index contributed by atoms with van der Waals surface area (Å²) in [6.07, 6.45) is 0.766. The monoisotopic (exact) mass is 230 g/mol. The van der Waals surface area contributed by atoms with Crippen LogP contribution in [0.5, 0.6) is 0 Å². The van der Waals surface area contributed by atoms with Crippen LogP contribution in [0.15, 0.2) is 24.3 Å². The highest BCUT2D eigenvalue weighted by atomic mass is 16.1. The van der Waals surface area contributed by atoms with Crippen LogP contribution in [0.1, 0.15) is 19.4 Å². The lowest BCUT2D eigenvalue weighted by molar-refractivity contribution is -0.120. The number of carbonyl (C=O) groups is 1. The standard InChI is InChI=1S/C12H14N4O/c1-8(9(2)17)7-10-3-5-11(6-4-10)12-13-15-16-14-12/h3-6,8H,7H2,1-2H3,(H,13,14,15,16)/t8-/m0/s1. The predicted octanol–water partition coefficient (Wildman–Crippen LogP) is 1.63. The van der Waals surface area contributed by atoms with Gasteiger partial charge in [0.2, 0.25) is 5.82 Å². The molecule has 0 spiro atoms. The van der Waals surface area contributed by atoms with E-state index in [1.807, 2.05) is 31.2 Å². The number of nitrogens with one attached hydrogen (secondary N) is 1. The lowest BCUT2D eigenvalue weighted by Gasteiger charge is -2.07. The van der Waals surface area contributed by atoms with E-state index in [0.29, 0.717) is 5.82 Å². The minimum atomic E-state index is 0.0611. The van der Waals surface area contributed by atoms with Gasteiger partial charge in [0.25, 0.3) is 0 Å². The molecule has 0 fully saturated rings. The highest BCUT2D eigenvalue weighted by Crippen LogP contribution is 2.16. The average Bonchev–Trinajstić information content (AvgIpc) is 2.83. The van der Waals surface area contributed by atoms with Gasteiger partial charge < -0.3 is 0 Å². The summed E-state index contributed by atoms with van der Waals surface area (Å²) >= 11 is 0. The number of nitrogens with zero attached hydrogens (tertiary/aromatic N) is 3. The summed E-state index contributed by atoms with van der Waals surface area (Å²) in [5.41, 5.74) is 2.05. The SMILES string of the molecule is CC(=O)[C@@H](C)Cc1ccc(-c2nn[nH]n2)cc1. The summed E-state index contributed by atoms with van der Waals surface area (Å²) in [4.78, 5) is 11.2. The van der Waals surface area contributed by atoms with E-state index in [2.05, 4.69) is 20.6 Å². The Morgan fingerprint density at radius 3 is 2.59 bits per heavy atom. The van der Waals surface area contributed by atoms with Crippen LogP contribution in [0.3, 0.4) is 0 Å². The maximum Gasteiger partial charge on any atom is 0.204 e. The number of H-pyrrole nitrogens is 1. The van der Waals surface area contributed by atoms with Gasteiger partial charge in [-0.3, -0.25) is 4.79 Å². The zero-order valence-electron chi connectivity index (χ0n) is 9.84. The van der Waals surface area contributed by atoms with Crippen molar-refractivity contribution < 1.29 is 4.79 Å². The van der Waals surface area contributed by atoms with Gasteiger partial charge >= 0.3 is 0 Å². The van der Waals surface area contributed by atoms with Crippen molar-refractivity contribution in [2.45, 2.75) is 20.3 Å². The normalized spacial score (nSPS) is 12.4. The lowest BCUT2D eigenvalue weighted by Crippen LogP contribution is -2.09. The Kier molecular flexibility index (Phi) is 3.27. The van der Waals surface area contributed by atoms with Crippen LogP contribution < -0.4 is 0 Å². The minimum Gasteiger partial charge on any atom is -0.300 e. The van der Waals surface area contributed by atoms with E-state index >= 15 is 0 Å². The maximum absolute atomic E-state index is 11.2. The highest BCUT2D eigenvalue weighted by molar-refractivity contribution is 5.78. The van der Waals surface area contributed by atoms with Gasteiger partial charge in [-0.1, -0.05) is 31.2 Å². The fourth-order valence-corrected chi connectivity index (χ4v) is 1.57. The summed E-state index contributed by atoms with van der Waals surface area (Å²) in [7, 11) is 0. The molecule has 1 heterocycles. The maximum atomic E-state index is 11.2. The number of Topliss-reactive ketones (excluding diaryl/α,β-unsaturated/α-hetero) is 1. The van der Waals surface area contributed by atoms with Crippen molar-refractivity contribution >= 4 is 5.78 Å². The molecular weight excluding hydrogens is 216 g/mol. The van der Waals surface area contributed by atoms with E-state index in [1.54, 1.807) is 6.92 Å². The summed E-state index contributed by atoms with van der Waals surface area (Å²) in [6.45, 7) is 3.56. The van der Waals surface area contributed by atoms with Crippen molar-refractivity contribution in [1.29, 1.82) is 0 Å². The van der Waals surface area contributed by atoms with E-state index in [0.717, 1.165) is 17.5 Å². The number of ketones is 1. The van der Waals surface area contributed by atoms with Crippen molar-refractivity contribution in [3.05, 3.63) is 29.8 Å². The topological polar surface area (TPSA) is 71.5 Å². The molecule has 0 amide bonds. The first-order valence-electron chi connectivity index (χ1n) is 5.50. The molecular formula is C12H14N4O. The second-order valence-corrected chi connectivity index (χ2v) is 4.15. The lowest BCUT2D eigenvalue weighted by atomic mass is 9.97. The molecule has 1 atom stereocenters. The molecule has 0 saturated carbocycles. The second-order valence-electron chi connectivity index (χ2n) is 4.15. The van der Waals surface area contributed by atoms with Gasteiger partial charge in [0.1, 0.15) is 5.78 Å². The third-order valence-corrected chi connectivity index (χ3v) is 2.79. The van der Waals surface area contributed by atoms with E-state index in [9.17, 15) is 4.79 Å². The molecule has 88 valence electrons. The fraction of sp³-hybridized carbons (Fsp3) is 0.333.